The second kappa shape index (κ2) is 6.55. The fourth-order valence-electron chi connectivity index (χ4n) is 1.28. The van der Waals surface area contributed by atoms with Crippen LogP contribution in [0.1, 0.15) is 18.4 Å². The maximum absolute atomic E-state index is 11.5. The summed E-state index contributed by atoms with van der Waals surface area (Å²) in [6.45, 7) is 1.92. The molecule has 0 heterocycles. The second-order valence-corrected chi connectivity index (χ2v) is 4.82. The molecule has 0 radical (unpaired) electrons. The minimum atomic E-state index is -0.348. The molecule has 1 aromatic rings. The maximum atomic E-state index is 11.5. The van der Waals surface area contributed by atoms with E-state index < -0.39 is 0 Å². The molecule has 4 N–H and O–H groups in total. The summed E-state index contributed by atoms with van der Waals surface area (Å²) < 4.78 is 1.11. The fourth-order valence-corrected chi connectivity index (χ4v) is 1.93. The van der Waals surface area contributed by atoms with Crippen LogP contribution in [-0.4, -0.2) is 11.8 Å². The molecule has 1 rings (SSSR count). The minimum Gasteiger partial charge on any atom is -0.326 e. The Labute approximate surface area is 113 Å². The van der Waals surface area contributed by atoms with Crippen molar-refractivity contribution in [1.82, 2.24) is 5.43 Å². The topological polar surface area (TPSA) is 84.2 Å². The van der Waals surface area contributed by atoms with Gasteiger partial charge in [-0.3, -0.25) is 15.0 Å². The van der Waals surface area contributed by atoms with E-state index >= 15 is 0 Å². The van der Waals surface area contributed by atoms with Crippen molar-refractivity contribution in [2.45, 2.75) is 19.8 Å². The van der Waals surface area contributed by atoms with Crippen molar-refractivity contribution in [2.24, 2.45) is 5.84 Å². The van der Waals surface area contributed by atoms with Crippen LogP contribution in [0.4, 0.5) is 5.69 Å². The van der Waals surface area contributed by atoms with Gasteiger partial charge >= 0.3 is 0 Å². The third kappa shape index (κ3) is 4.70. The van der Waals surface area contributed by atoms with Crippen molar-refractivity contribution >= 4 is 40.1 Å². The van der Waals surface area contributed by atoms with E-state index in [0.717, 1.165) is 14.8 Å². The average Bonchev–Trinajstić information content (AvgIpc) is 2.29. The van der Waals surface area contributed by atoms with Gasteiger partial charge in [0.1, 0.15) is 0 Å². The molecule has 0 spiro atoms. The van der Waals surface area contributed by atoms with Crippen LogP contribution in [0.5, 0.6) is 0 Å². The first kappa shape index (κ1) is 13.9. The van der Waals surface area contributed by atoms with Gasteiger partial charge in [0.25, 0.3) is 0 Å². The highest BCUT2D eigenvalue weighted by Crippen LogP contribution is 2.17. The van der Waals surface area contributed by atoms with Gasteiger partial charge in [-0.25, -0.2) is 5.84 Å². The highest BCUT2D eigenvalue weighted by Gasteiger charge is 2.07. The number of anilines is 1. The van der Waals surface area contributed by atoms with Crippen LogP contribution in [0.25, 0.3) is 0 Å². The number of nitrogens with two attached hydrogens (primary N) is 1. The molecule has 0 aromatic heterocycles. The SMILES string of the molecule is Cc1cc(I)ccc1NC(=O)CCC(=O)NN. The van der Waals surface area contributed by atoms with Crippen LogP contribution in [0, 0.1) is 10.5 Å². The third-order valence-electron chi connectivity index (χ3n) is 2.20. The number of hydrogen-bond donors (Lipinski definition) is 3. The first-order valence-corrected chi connectivity index (χ1v) is 6.16. The Morgan fingerprint density at radius 3 is 2.53 bits per heavy atom. The van der Waals surface area contributed by atoms with E-state index in [0.29, 0.717) is 0 Å². The van der Waals surface area contributed by atoms with Gasteiger partial charge in [0, 0.05) is 22.1 Å². The first-order chi connectivity index (χ1) is 8.02. The van der Waals surface area contributed by atoms with Crippen LogP contribution in [0.2, 0.25) is 0 Å². The van der Waals surface area contributed by atoms with E-state index in [1.54, 1.807) is 0 Å². The number of carbonyl (C=O) groups excluding carboxylic acids is 2. The van der Waals surface area contributed by atoms with Crippen molar-refractivity contribution in [2.75, 3.05) is 5.32 Å². The monoisotopic (exact) mass is 347 g/mol. The summed E-state index contributed by atoms with van der Waals surface area (Å²) in [6, 6.07) is 5.73. The zero-order chi connectivity index (χ0) is 12.8. The number of aryl methyl sites for hydroxylation is 1. The number of hydrogen-bond acceptors (Lipinski definition) is 3. The summed E-state index contributed by atoms with van der Waals surface area (Å²) in [7, 11) is 0. The highest BCUT2D eigenvalue weighted by atomic mass is 127. The predicted molar refractivity (Wildman–Crippen MR) is 74.1 cm³/mol. The van der Waals surface area contributed by atoms with Gasteiger partial charge < -0.3 is 5.32 Å². The molecule has 1 aromatic carbocycles. The lowest BCUT2D eigenvalue weighted by atomic mass is 10.2. The van der Waals surface area contributed by atoms with Crippen molar-refractivity contribution in [3.05, 3.63) is 27.3 Å². The largest absolute Gasteiger partial charge is 0.326 e. The van der Waals surface area contributed by atoms with Crippen molar-refractivity contribution < 1.29 is 9.59 Å². The van der Waals surface area contributed by atoms with Crippen molar-refractivity contribution in [3.63, 3.8) is 0 Å². The molecular formula is C11H14IN3O2. The molecule has 0 fully saturated rings. The number of halogens is 1. The number of carbonyl (C=O) groups is 2. The molecule has 0 saturated heterocycles. The van der Waals surface area contributed by atoms with Gasteiger partial charge in [-0.15, -0.1) is 0 Å². The Bertz CT molecular complexity index is 435. The molecule has 0 atom stereocenters. The summed E-state index contributed by atoms with van der Waals surface area (Å²) in [5.41, 5.74) is 3.74. The number of rotatable bonds is 4. The van der Waals surface area contributed by atoms with Crippen LogP contribution in [-0.2, 0) is 9.59 Å². The number of benzene rings is 1. The molecular weight excluding hydrogens is 333 g/mol. The fraction of sp³-hybridized carbons (Fsp3) is 0.273. The summed E-state index contributed by atoms with van der Waals surface area (Å²) in [5, 5.41) is 2.75. The molecule has 6 heteroatoms. The molecule has 0 saturated carbocycles. The Balaban J connectivity index is 2.53. The van der Waals surface area contributed by atoms with E-state index in [-0.39, 0.29) is 24.7 Å². The second-order valence-electron chi connectivity index (χ2n) is 3.57. The zero-order valence-corrected chi connectivity index (χ0v) is 11.6. The maximum Gasteiger partial charge on any atom is 0.234 e. The van der Waals surface area contributed by atoms with Gasteiger partial charge in [0.05, 0.1) is 0 Å². The molecule has 5 nitrogen and oxygen atoms in total. The number of nitrogens with one attached hydrogen (secondary N) is 2. The van der Waals surface area contributed by atoms with Crippen molar-refractivity contribution in [1.29, 1.82) is 0 Å². The highest BCUT2D eigenvalue weighted by molar-refractivity contribution is 14.1. The molecule has 0 aliphatic carbocycles. The van der Waals surface area contributed by atoms with Gasteiger partial charge in [-0.05, 0) is 53.3 Å². The minimum absolute atomic E-state index is 0.0890. The summed E-state index contributed by atoms with van der Waals surface area (Å²) >= 11 is 2.21. The van der Waals surface area contributed by atoms with Crippen LogP contribution < -0.4 is 16.6 Å². The van der Waals surface area contributed by atoms with E-state index in [4.69, 9.17) is 5.84 Å². The predicted octanol–water partition coefficient (Wildman–Crippen LogP) is 1.31. The van der Waals surface area contributed by atoms with Gasteiger partial charge in [0.15, 0.2) is 0 Å². The smallest absolute Gasteiger partial charge is 0.234 e. The standard InChI is InChI=1S/C11H14IN3O2/c1-7-6-8(12)2-3-9(7)14-10(16)4-5-11(17)15-13/h2-3,6H,4-5,13H2,1H3,(H,14,16)(H,15,17). The molecule has 0 aliphatic heterocycles. The summed E-state index contributed by atoms with van der Waals surface area (Å²) in [5.74, 6) is 4.38. The molecule has 0 unspecified atom stereocenters. The zero-order valence-electron chi connectivity index (χ0n) is 9.42. The van der Waals surface area contributed by atoms with Gasteiger partial charge in [0.2, 0.25) is 11.8 Å². The average molecular weight is 347 g/mol. The third-order valence-corrected chi connectivity index (χ3v) is 2.87. The van der Waals surface area contributed by atoms with Crippen LogP contribution in [0.3, 0.4) is 0 Å². The molecule has 17 heavy (non-hydrogen) atoms. The van der Waals surface area contributed by atoms with E-state index in [1.165, 1.54) is 0 Å². The lowest BCUT2D eigenvalue weighted by Gasteiger charge is -2.08. The van der Waals surface area contributed by atoms with Crippen LogP contribution >= 0.6 is 22.6 Å². The van der Waals surface area contributed by atoms with Gasteiger partial charge in [-0.1, -0.05) is 0 Å². The summed E-state index contributed by atoms with van der Waals surface area (Å²) in [6.07, 6.45) is 0.209. The quantitative estimate of drug-likeness (QED) is 0.332. The van der Waals surface area contributed by atoms with E-state index in [2.05, 4.69) is 27.9 Å². The van der Waals surface area contributed by atoms with Crippen molar-refractivity contribution in [3.8, 4) is 0 Å². The Hall–Kier alpha value is -1.15. The lowest BCUT2D eigenvalue weighted by Crippen LogP contribution is -2.30. The lowest BCUT2D eigenvalue weighted by molar-refractivity contribution is -0.124. The normalized spacial score (nSPS) is 9.82. The molecule has 2 amide bonds. The molecule has 92 valence electrons. The van der Waals surface area contributed by atoms with E-state index in [1.807, 2.05) is 30.5 Å². The van der Waals surface area contributed by atoms with Gasteiger partial charge in [-0.2, -0.15) is 0 Å². The molecule has 0 bridgehead atoms. The Morgan fingerprint density at radius 2 is 1.94 bits per heavy atom. The number of amides is 2. The number of hydrazine groups is 1. The first-order valence-electron chi connectivity index (χ1n) is 5.08. The Kier molecular flexibility index (Phi) is 5.36. The Morgan fingerprint density at radius 1 is 1.29 bits per heavy atom. The van der Waals surface area contributed by atoms with Crippen LogP contribution in [0.15, 0.2) is 18.2 Å². The summed E-state index contributed by atoms with van der Waals surface area (Å²) in [4.78, 5) is 22.4. The van der Waals surface area contributed by atoms with E-state index in [9.17, 15) is 9.59 Å². The molecule has 0 aliphatic rings.